The normalized spacial score (nSPS) is 10.9. The monoisotopic (exact) mass is 514 g/mol. The number of thioether (sulfide) groups is 1. The number of halogens is 1. The van der Waals surface area contributed by atoms with E-state index in [9.17, 15) is 4.79 Å². The van der Waals surface area contributed by atoms with Crippen molar-refractivity contribution in [1.82, 2.24) is 14.8 Å². The van der Waals surface area contributed by atoms with E-state index in [1.807, 2.05) is 29.8 Å². The van der Waals surface area contributed by atoms with Gasteiger partial charge in [-0.1, -0.05) is 53.7 Å². The smallest absolute Gasteiger partial charge is 0.234 e. The van der Waals surface area contributed by atoms with Gasteiger partial charge in [-0.3, -0.25) is 4.79 Å². The van der Waals surface area contributed by atoms with Crippen LogP contribution in [0.2, 0.25) is 5.02 Å². The number of amides is 1. The van der Waals surface area contributed by atoms with Gasteiger partial charge in [0, 0.05) is 40.6 Å². The lowest BCUT2D eigenvalue weighted by atomic mass is 10.0. The molecule has 0 spiro atoms. The molecule has 1 N–H and O–H groups in total. The Morgan fingerprint density at radius 3 is 2.59 bits per heavy atom. The van der Waals surface area contributed by atoms with Crippen LogP contribution in [0.4, 0.5) is 5.69 Å². The number of aromatic nitrogens is 3. The molecule has 4 rings (SSSR count). The predicted octanol–water partition coefficient (Wildman–Crippen LogP) is 5.92. The molecule has 0 saturated heterocycles. The number of thiophene rings is 1. The van der Waals surface area contributed by atoms with Gasteiger partial charge in [-0.2, -0.15) is 0 Å². The third-order valence-corrected chi connectivity index (χ3v) is 7.42. The lowest BCUT2D eigenvalue weighted by Gasteiger charge is -2.13. The SMILES string of the molecule is COc1cc(NC(=O)CSc2nnc(-c3csc(C)c3-c3ccccc3)n2C)c(OC)cc1Cl. The summed E-state index contributed by atoms with van der Waals surface area (Å²) in [5.41, 5.74) is 3.80. The van der Waals surface area contributed by atoms with Gasteiger partial charge < -0.3 is 19.4 Å². The summed E-state index contributed by atoms with van der Waals surface area (Å²) in [4.78, 5) is 13.9. The molecule has 7 nitrogen and oxygen atoms in total. The minimum Gasteiger partial charge on any atom is -0.495 e. The molecule has 34 heavy (non-hydrogen) atoms. The van der Waals surface area contributed by atoms with Crippen molar-refractivity contribution >= 4 is 46.3 Å². The van der Waals surface area contributed by atoms with Crippen molar-refractivity contribution in [3.05, 3.63) is 57.7 Å². The second-order valence-corrected chi connectivity index (χ2v) is 9.77. The zero-order valence-electron chi connectivity index (χ0n) is 19.1. The zero-order valence-corrected chi connectivity index (χ0v) is 21.5. The highest BCUT2D eigenvalue weighted by molar-refractivity contribution is 7.99. The summed E-state index contributed by atoms with van der Waals surface area (Å²) in [6, 6.07) is 13.5. The molecule has 2 aromatic carbocycles. The number of aryl methyl sites for hydroxylation is 1. The summed E-state index contributed by atoms with van der Waals surface area (Å²) in [5, 5.41) is 14.7. The summed E-state index contributed by atoms with van der Waals surface area (Å²) >= 11 is 9.13. The molecule has 0 aliphatic rings. The van der Waals surface area contributed by atoms with E-state index in [4.69, 9.17) is 21.1 Å². The van der Waals surface area contributed by atoms with Gasteiger partial charge in [0.25, 0.3) is 0 Å². The van der Waals surface area contributed by atoms with E-state index in [-0.39, 0.29) is 11.7 Å². The van der Waals surface area contributed by atoms with Crippen molar-refractivity contribution in [3.8, 4) is 34.0 Å². The summed E-state index contributed by atoms with van der Waals surface area (Å²) in [7, 11) is 4.93. The van der Waals surface area contributed by atoms with Crippen LogP contribution in [0.5, 0.6) is 11.5 Å². The molecule has 4 aromatic rings. The largest absolute Gasteiger partial charge is 0.495 e. The fraction of sp³-hybridized carbons (Fsp3) is 0.208. The molecule has 0 atom stereocenters. The van der Waals surface area contributed by atoms with E-state index < -0.39 is 0 Å². The molecule has 2 heterocycles. The number of methoxy groups -OCH3 is 2. The Morgan fingerprint density at radius 1 is 1.15 bits per heavy atom. The summed E-state index contributed by atoms with van der Waals surface area (Å²) in [6.45, 7) is 2.10. The molecule has 0 bridgehead atoms. The molecule has 0 aliphatic carbocycles. The zero-order chi connectivity index (χ0) is 24.2. The molecular formula is C24H23ClN4O3S2. The summed E-state index contributed by atoms with van der Waals surface area (Å²) in [5.74, 6) is 1.59. The van der Waals surface area contributed by atoms with Crippen LogP contribution in [0.15, 0.2) is 53.0 Å². The lowest BCUT2D eigenvalue weighted by molar-refractivity contribution is -0.113. The van der Waals surface area contributed by atoms with Crippen molar-refractivity contribution in [2.24, 2.45) is 7.05 Å². The maximum Gasteiger partial charge on any atom is 0.234 e. The first-order chi connectivity index (χ1) is 16.4. The lowest BCUT2D eigenvalue weighted by Crippen LogP contribution is -2.15. The third kappa shape index (κ3) is 4.91. The Labute approximate surface area is 211 Å². The van der Waals surface area contributed by atoms with Crippen molar-refractivity contribution in [2.45, 2.75) is 12.1 Å². The molecule has 0 saturated carbocycles. The number of nitrogens with one attached hydrogen (secondary N) is 1. The molecule has 176 valence electrons. The van der Waals surface area contributed by atoms with Crippen LogP contribution in [-0.2, 0) is 11.8 Å². The minimum atomic E-state index is -0.214. The molecule has 0 aliphatic heterocycles. The van der Waals surface area contributed by atoms with Crippen molar-refractivity contribution in [1.29, 1.82) is 0 Å². The number of ether oxygens (including phenoxy) is 2. The number of benzene rings is 2. The molecule has 1 amide bonds. The van der Waals surface area contributed by atoms with E-state index in [1.165, 1.54) is 30.9 Å². The molecule has 0 unspecified atom stereocenters. The number of carbonyl (C=O) groups is 1. The van der Waals surface area contributed by atoms with Crippen LogP contribution in [-0.4, -0.2) is 40.6 Å². The van der Waals surface area contributed by atoms with Crippen molar-refractivity contribution in [3.63, 3.8) is 0 Å². The highest BCUT2D eigenvalue weighted by atomic mass is 35.5. The molecule has 2 aromatic heterocycles. The Morgan fingerprint density at radius 2 is 1.88 bits per heavy atom. The van der Waals surface area contributed by atoms with Gasteiger partial charge in [0.05, 0.1) is 30.7 Å². The van der Waals surface area contributed by atoms with Gasteiger partial charge in [0.15, 0.2) is 11.0 Å². The fourth-order valence-corrected chi connectivity index (χ4v) is 5.34. The van der Waals surface area contributed by atoms with Gasteiger partial charge >= 0.3 is 0 Å². The Hall–Kier alpha value is -3.01. The fourth-order valence-electron chi connectivity index (χ4n) is 3.53. The number of nitrogens with zero attached hydrogens (tertiary/aromatic N) is 3. The Balaban J connectivity index is 1.50. The van der Waals surface area contributed by atoms with Gasteiger partial charge in [-0.25, -0.2) is 0 Å². The molecule has 10 heteroatoms. The first-order valence-electron chi connectivity index (χ1n) is 10.3. The van der Waals surface area contributed by atoms with E-state index >= 15 is 0 Å². The predicted molar refractivity (Wildman–Crippen MR) is 138 cm³/mol. The van der Waals surface area contributed by atoms with Crippen LogP contribution in [0.3, 0.4) is 0 Å². The Bertz CT molecular complexity index is 1320. The highest BCUT2D eigenvalue weighted by Crippen LogP contribution is 2.39. The number of anilines is 1. The average Bonchev–Trinajstić information content (AvgIpc) is 3.40. The van der Waals surface area contributed by atoms with Gasteiger partial charge in [-0.15, -0.1) is 21.5 Å². The number of rotatable bonds is 8. The third-order valence-electron chi connectivity index (χ3n) is 5.19. The van der Waals surface area contributed by atoms with Gasteiger partial charge in [0.1, 0.15) is 11.5 Å². The van der Waals surface area contributed by atoms with E-state index in [2.05, 4.69) is 40.0 Å². The quantitative estimate of drug-likeness (QED) is 0.294. The van der Waals surface area contributed by atoms with Crippen LogP contribution in [0, 0.1) is 6.92 Å². The van der Waals surface area contributed by atoms with Gasteiger partial charge in [0.2, 0.25) is 5.91 Å². The van der Waals surface area contributed by atoms with E-state index in [1.54, 1.807) is 23.5 Å². The summed E-state index contributed by atoms with van der Waals surface area (Å²) < 4.78 is 12.5. The molecule has 0 fully saturated rings. The number of hydrogen-bond donors (Lipinski definition) is 1. The summed E-state index contributed by atoms with van der Waals surface area (Å²) in [6.07, 6.45) is 0. The van der Waals surface area contributed by atoms with Crippen LogP contribution < -0.4 is 14.8 Å². The number of carbonyl (C=O) groups excluding carboxylic acids is 1. The standard InChI is InChI=1S/C24H23ClN4O3S2/c1-14-22(15-8-6-5-7-9-15)16(12-33-14)23-27-28-24(29(23)2)34-13-21(30)26-18-11-19(31-3)17(25)10-20(18)32-4/h5-12H,13H2,1-4H3,(H,26,30). The topological polar surface area (TPSA) is 78.3 Å². The maximum absolute atomic E-state index is 12.7. The Kier molecular flexibility index (Phi) is 7.45. The average molecular weight is 515 g/mol. The van der Waals surface area contributed by atoms with E-state index in [0.29, 0.717) is 27.4 Å². The van der Waals surface area contributed by atoms with Crippen LogP contribution in [0.1, 0.15) is 4.88 Å². The second-order valence-electron chi connectivity index (χ2n) is 7.34. The van der Waals surface area contributed by atoms with Crippen molar-refractivity contribution < 1.29 is 14.3 Å². The van der Waals surface area contributed by atoms with Crippen LogP contribution in [0.25, 0.3) is 22.5 Å². The molecular weight excluding hydrogens is 492 g/mol. The maximum atomic E-state index is 12.7. The van der Waals surface area contributed by atoms with Crippen LogP contribution >= 0.6 is 34.7 Å². The van der Waals surface area contributed by atoms with Gasteiger partial charge in [-0.05, 0) is 12.5 Å². The molecule has 0 radical (unpaired) electrons. The highest BCUT2D eigenvalue weighted by Gasteiger charge is 2.20. The number of hydrogen-bond acceptors (Lipinski definition) is 7. The van der Waals surface area contributed by atoms with Crippen molar-refractivity contribution in [2.75, 3.05) is 25.3 Å². The minimum absolute atomic E-state index is 0.147. The first kappa shape index (κ1) is 24.1. The second kappa shape index (κ2) is 10.5. The van der Waals surface area contributed by atoms with E-state index in [0.717, 1.165) is 22.5 Å². The first-order valence-corrected chi connectivity index (χ1v) is 12.5.